The van der Waals surface area contributed by atoms with E-state index in [9.17, 15) is 4.79 Å². The Morgan fingerprint density at radius 3 is 2.61 bits per heavy atom. The Morgan fingerprint density at radius 2 is 2.00 bits per heavy atom. The molecule has 0 saturated heterocycles. The van der Waals surface area contributed by atoms with Gasteiger partial charge in [0.2, 0.25) is 5.91 Å². The number of hydrogen-bond donors (Lipinski definition) is 2. The van der Waals surface area contributed by atoms with Crippen molar-refractivity contribution in [3.8, 4) is 11.5 Å². The Kier molecular flexibility index (Phi) is 3.72. The van der Waals surface area contributed by atoms with E-state index >= 15 is 0 Å². The first-order chi connectivity index (χ1) is 8.61. The van der Waals surface area contributed by atoms with E-state index in [1.165, 1.54) is 0 Å². The van der Waals surface area contributed by atoms with E-state index in [-0.39, 0.29) is 18.5 Å². The van der Waals surface area contributed by atoms with Gasteiger partial charge >= 0.3 is 0 Å². The second-order valence-electron chi connectivity index (χ2n) is 4.35. The summed E-state index contributed by atoms with van der Waals surface area (Å²) in [6, 6.07) is 3.76. The Morgan fingerprint density at radius 1 is 1.39 bits per heavy atom. The highest BCUT2D eigenvalue weighted by atomic mass is 16.6. The van der Waals surface area contributed by atoms with Crippen molar-refractivity contribution in [2.24, 2.45) is 5.73 Å². The van der Waals surface area contributed by atoms with Crippen LogP contribution in [-0.4, -0.2) is 25.7 Å². The molecule has 1 atom stereocenters. The summed E-state index contributed by atoms with van der Waals surface area (Å²) in [4.78, 5) is 11.3. The van der Waals surface area contributed by atoms with Crippen LogP contribution in [0.1, 0.15) is 24.1 Å². The van der Waals surface area contributed by atoms with Crippen molar-refractivity contribution < 1.29 is 14.3 Å². The van der Waals surface area contributed by atoms with Gasteiger partial charge in [-0.2, -0.15) is 0 Å². The van der Waals surface area contributed by atoms with Crippen LogP contribution < -0.4 is 20.5 Å². The lowest BCUT2D eigenvalue weighted by atomic mass is 10.0. The summed E-state index contributed by atoms with van der Waals surface area (Å²) in [5.74, 6) is 1.33. The predicted molar refractivity (Wildman–Crippen MR) is 67.8 cm³/mol. The van der Waals surface area contributed by atoms with Gasteiger partial charge in [0.1, 0.15) is 13.2 Å². The summed E-state index contributed by atoms with van der Waals surface area (Å²) < 4.78 is 11.0. The quantitative estimate of drug-likeness (QED) is 0.836. The minimum absolute atomic E-state index is 0.00601. The number of carbonyl (C=O) groups is 1. The molecule has 0 aliphatic carbocycles. The smallest absolute Gasteiger partial charge is 0.234 e. The number of aryl methyl sites for hydroxylation is 1. The molecule has 0 radical (unpaired) electrons. The highest BCUT2D eigenvalue weighted by Crippen LogP contribution is 2.34. The fourth-order valence-electron chi connectivity index (χ4n) is 2.05. The van der Waals surface area contributed by atoms with Crippen molar-refractivity contribution in [1.29, 1.82) is 0 Å². The van der Waals surface area contributed by atoms with E-state index in [0.717, 1.165) is 22.6 Å². The molecule has 2 rings (SSSR count). The van der Waals surface area contributed by atoms with Crippen molar-refractivity contribution in [1.82, 2.24) is 5.32 Å². The number of amides is 1. The van der Waals surface area contributed by atoms with Gasteiger partial charge in [-0.15, -0.1) is 0 Å². The van der Waals surface area contributed by atoms with Crippen LogP contribution in [-0.2, 0) is 4.79 Å². The maximum atomic E-state index is 11.3. The minimum Gasteiger partial charge on any atom is -0.486 e. The lowest BCUT2D eigenvalue weighted by Crippen LogP contribution is -2.32. The molecule has 1 unspecified atom stereocenters. The van der Waals surface area contributed by atoms with E-state index in [4.69, 9.17) is 15.2 Å². The van der Waals surface area contributed by atoms with Crippen LogP contribution >= 0.6 is 0 Å². The van der Waals surface area contributed by atoms with Crippen LogP contribution in [0.3, 0.4) is 0 Å². The zero-order valence-corrected chi connectivity index (χ0v) is 10.7. The third-order valence-electron chi connectivity index (χ3n) is 2.96. The molecule has 1 aliphatic rings. The second-order valence-corrected chi connectivity index (χ2v) is 4.35. The van der Waals surface area contributed by atoms with Gasteiger partial charge in [0, 0.05) is 0 Å². The van der Waals surface area contributed by atoms with E-state index in [0.29, 0.717) is 13.2 Å². The molecule has 3 N–H and O–H groups in total. The van der Waals surface area contributed by atoms with Crippen LogP contribution in [0.4, 0.5) is 0 Å². The number of benzene rings is 1. The molecule has 1 amide bonds. The molecule has 0 saturated carbocycles. The Balaban J connectivity index is 2.24. The summed E-state index contributed by atoms with van der Waals surface area (Å²) in [7, 11) is 0. The van der Waals surface area contributed by atoms with Gasteiger partial charge in [-0.3, -0.25) is 4.79 Å². The molecule has 18 heavy (non-hydrogen) atoms. The van der Waals surface area contributed by atoms with E-state index in [1.807, 2.05) is 26.0 Å². The standard InChI is InChI=1S/C13H18N2O3/c1-8-5-11-12(18-4-3-17-11)6-10(8)9(2)15-13(16)7-14/h5-6,9H,3-4,7,14H2,1-2H3,(H,15,16). The second kappa shape index (κ2) is 5.27. The highest BCUT2D eigenvalue weighted by molar-refractivity contribution is 5.78. The predicted octanol–water partition coefficient (Wildman–Crippen LogP) is 0.902. The molecule has 0 fully saturated rings. The van der Waals surface area contributed by atoms with E-state index < -0.39 is 0 Å². The maximum absolute atomic E-state index is 11.3. The Labute approximate surface area is 106 Å². The number of hydrogen-bond acceptors (Lipinski definition) is 4. The lowest BCUT2D eigenvalue weighted by molar-refractivity contribution is -0.120. The molecule has 1 aromatic rings. The van der Waals surface area contributed by atoms with Crippen LogP contribution in [0.5, 0.6) is 11.5 Å². The molecule has 0 bridgehead atoms. The average Bonchev–Trinajstić information content (AvgIpc) is 2.37. The zero-order valence-electron chi connectivity index (χ0n) is 10.7. The number of nitrogens with one attached hydrogen (secondary N) is 1. The van der Waals surface area contributed by atoms with Gasteiger partial charge in [-0.05, 0) is 37.1 Å². The molecule has 1 aromatic carbocycles. The van der Waals surface area contributed by atoms with Crippen LogP contribution in [0.2, 0.25) is 0 Å². The summed E-state index contributed by atoms with van der Waals surface area (Å²) in [5, 5.41) is 2.83. The molecular weight excluding hydrogens is 232 g/mol. The zero-order chi connectivity index (χ0) is 13.1. The molecule has 0 aromatic heterocycles. The van der Waals surface area contributed by atoms with Crippen molar-refractivity contribution in [3.63, 3.8) is 0 Å². The molecule has 1 aliphatic heterocycles. The number of ether oxygens (including phenoxy) is 2. The topological polar surface area (TPSA) is 73.6 Å². The summed E-state index contributed by atoms with van der Waals surface area (Å²) in [6.07, 6.45) is 0. The van der Waals surface area contributed by atoms with Crippen molar-refractivity contribution in [2.75, 3.05) is 19.8 Å². The minimum atomic E-state index is -0.170. The first-order valence-corrected chi connectivity index (χ1v) is 6.01. The van der Waals surface area contributed by atoms with Gasteiger partial charge in [0.25, 0.3) is 0 Å². The molecule has 0 spiro atoms. The van der Waals surface area contributed by atoms with Gasteiger partial charge in [0.05, 0.1) is 12.6 Å². The summed E-state index contributed by atoms with van der Waals surface area (Å²) >= 11 is 0. The summed E-state index contributed by atoms with van der Waals surface area (Å²) in [6.45, 7) is 5.03. The molecule has 5 heteroatoms. The Bertz CT molecular complexity index is 460. The molecule has 98 valence electrons. The SMILES string of the molecule is Cc1cc2c(cc1C(C)NC(=O)CN)OCCO2. The third-order valence-corrected chi connectivity index (χ3v) is 2.96. The van der Waals surface area contributed by atoms with Crippen molar-refractivity contribution >= 4 is 5.91 Å². The number of carbonyl (C=O) groups excluding carboxylic acids is 1. The summed E-state index contributed by atoms with van der Waals surface area (Å²) in [5.41, 5.74) is 7.36. The van der Waals surface area contributed by atoms with Gasteiger partial charge in [0.15, 0.2) is 11.5 Å². The monoisotopic (exact) mass is 250 g/mol. The molecule has 1 heterocycles. The Hall–Kier alpha value is -1.75. The first kappa shape index (κ1) is 12.7. The highest BCUT2D eigenvalue weighted by Gasteiger charge is 2.17. The van der Waals surface area contributed by atoms with E-state index in [2.05, 4.69) is 5.32 Å². The molecular formula is C13H18N2O3. The number of nitrogens with two attached hydrogens (primary N) is 1. The van der Waals surface area contributed by atoms with Crippen LogP contribution in [0.25, 0.3) is 0 Å². The van der Waals surface area contributed by atoms with Crippen LogP contribution in [0.15, 0.2) is 12.1 Å². The van der Waals surface area contributed by atoms with Gasteiger partial charge < -0.3 is 20.5 Å². The fourth-order valence-corrected chi connectivity index (χ4v) is 2.05. The largest absolute Gasteiger partial charge is 0.486 e. The average molecular weight is 250 g/mol. The molecule has 5 nitrogen and oxygen atoms in total. The third kappa shape index (κ3) is 2.56. The van der Waals surface area contributed by atoms with Crippen molar-refractivity contribution in [3.05, 3.63) is 23.3 Å². The fraction of sp³-hybridized carbons (Fsp3) is 0.462. The van der Waals surface area contributed by atoms with Crippen LogP contribution in [0, 0.1) is 6.92 Å². The van der Waals surface area contributed by atoms with Gasteiger partial charge in [-0.1, -0.05) is 0 Å². The normalized spacial score (nSPS) is 15.1. The van der Waals surface area contributed by atoms with Crippen molar-refractivity contribution in [2.45, 2.75) is 19.9 Å². The van der Waals surface area contributed by atoms with Gasteiger partial charge in [-0.25, -0.2) is 0 Å². The number of fused-ring (bicyclic) bond motifs is 1. The first-order valence-electron chi connectivity index (χ1n) is 6.01. The maximum Gasteiger partial charge on any atom is 0.234 e. The number of rotatable bonds is 3. The van der Waals surface area contributed by atoms with E-state index in [1.54, 1.807) is 0 Å². The lowest BCUT2D eigenvalue weighted by Gasteiger charge is -2.23.